The fourth-order valence-corrected chi connectivity index (χ4v) is 2.68. The molecule has 10 heteroatoms. The van der Waals surface area contributed by atoms with E-state index in [0.717, 1.165) is 4.31 Å². The summed E-state index contributed by atoms with van der Waals surface area (Å²) in [6.07, 6.45) is -0.944. The highest BCUT2D eigenvalue weighted by Crippen LogP contribution is 2.45. The van der Waals surface area contributed by atoms with E-state index in [0.29, 0.717) is 11.3 Å². The van der Waals surface area contributed by atoms with Crippen molar-refractivity contribution in [2.24, 2.45) is 0 Å². The molecular weight excluding hydrogens is 381 g/mol. The van der Waals surface area contributed by atoms with Gasteiger partial charge in [-0.05, 0) is 32.0 Å². The highest BCUT2D eigenvalue weighted by molar-refractivity contribution is 7.84. The lowest BCUT2D eigenvalue weighted by Crippen LogP contribution is -2.37. The van der Waals surface area contributed by atoms with E-state index in [4.69, 9.17) is 36.9 Å². The van der Waals surface area contributed by atoms with Crippen LogP contribution in [0, 0.1) is 0 Å². The third kappa shape index (κ3) is 3.72. The average Bonchev–Trinajstić information content (AvgIpc) is 2.70. The monoisotopic (exact) mass is 397 g/mol. The Morgan fingerprint density at radius 1 is 1.33 bits per heavy atom. The van der Waals surface area contributed by atoms with Gasteiger partial charge in [-0.3, -0.25) is 0 Å². The van der Waals surface area contributed by atoms with Crippen molar-refractivity contribution in [3.8, 4) is 11.5 Å². The minimum atomic E-state index is -3.88. The second-order valence-corrected chi connectivity index (χ2v) is 8.74. The molecule has 1 heterocycles. The summed E-state index contributed by atoms with van der Waals surface area (Å²) in [5.74, 6) is -0.248. The minimum absolute atomic E-state index is 0.124. The van der Waals surface area contributed by atoms with Crippen LogP contribution in [0.15, 0.2) is 18.2 Å². The Bertz CT molecular complexity index is 748. The van der Waals surface area contributed by atoms with Crippen LogP contribution in [0.3, 0.4) is 0 Å². The quantitative estimate of drug-likeness (QED) is 0.559. The molecule has 0 radical (unpaired) electrons. The molecule has 0 saturated heterocycles. The molecule has 1 aromatic rings. The summed E-state index contributed by atoms with van der Waals surface area (Å²) in [5, 5.41) is 0. The number of benzene rings is 1. The van der Waals surface area contributed by atoms with E-state index in [1.54, 1.807) is 19.9 Å². The Morgan fingerprint density at radius 2 is 1.96 bits per heavy atom. The van der Waals surface area contributed by atoms with Crippen LogP contribution in [0.25, 0.3) is 0 Å². The van der Waals surface area contributed by atoms with Crippen molar-refractivity contribution < 1.29 is 26.9 Å². The molecule has 1 aliphatic rings. The van der Waals surface area contributed by atoms with Gasteiger partial charge in [-0.15, -0.1) is 0 Å². The predicted octanol–water partition coefficient (Wildman–Crippen LogP) is 2.21. The molecule has 0 aromatic heterocycles. The predicted molar refractivity (Wildman–Crippen MR) is 88.7 cm³/mol. The summed E-state index contributed by atoms with van der Waals surface area (Å²) in [6, 6.07) is 4.53. The maximum absolute atomic E-state index is 11.8. The van der Waals surface area contributed by atoms with Crippen molar-refractivity contribution >= 4 is 39.5 Å². The number of carbonyl (C=O) groups excluding carboxylic acids is 1. The van der Waals surface area contributed by atoms with Crippen LogP contribution in [-0.4, -0.2) is 43.9 Å². The fourth-order valence-electron chi connectivity index (χ4n) is 2.08. The van der Waals surface area contributed by atoms with E-state index in [-0.39, 0.29) is 5.75 Å². The summed E-state index contributed by atoms with van der Waals surface area (Å²) in [7, 11) is -1.16. The lowest BCUT2D eigenvalue weighted by Gasteiger charge is -2.25. The summed E-state index contributed by atoms with van der Waals surface area (Å²) in [4.78, 5) is 10.3. The van der Waals surface area contributed by atoms with Gasteiger partial charge in [-0.2, -0.15) is 12.7 Å². The molecule has 0 amide bonds. The molecule has 24 heavy (non-hydrogen) atoms. The van der Waals surface area contributed by atoms with Crippen LogP contribution in [-0.2, 0) is 25.3 Å². The molecule has 1 aliphatic heterocycles. The second kappa shape index (κ2) is 6.59. The van der Waals surface area contributed by atoms with Crippen LogP contribution in [0.2, 0.25) is 0 Å². The lowest BCUT2D eigenvalue weighted by molar-refractivity contribution is -0.166. The van der Waals surface area contributed by atoms with Gasteiger partial charge in [-0.1, -0.05) is 23.2 Å². The van der Waals surface area contributed by atoms with Crippen molar-refractivity contribution in [1.82, 2.24) is 4.31 Å². The first kappa shape index (κ1) is 19.1. The highest BCUT2D eigenvalue weighted by atomic mass is 35.5. The van der Waals surface area contributed by atoms with Crippen molar-refractivity contribution in [3.05, 3.63) is 23.8 Å². The third-order valence-electron chi connectivity index (χ3n) is 3.52. The molecule has 0 N–H and O–H groups in total. The van der Waals surface area contributed by atoms with Gasteiger partial charge in [0.05, 0.1) is 5.41 Å². The number of hydrogen-bond donors (Lipinski definition) is 0. The highest BCUT2D eigenvalue weighted by Gasteiger charge is 2.45. The van der Waals surface area contributed by atoms with Gasteiger partial charge in [0.1, 0.15) is 11.5 Å². The molecule has 0 spiro atoms. The fraction of sp³-hybridized carbons (Fsp3) is 0.500. The summed E-state index contributed by atoms with van der Waals surface area (Å²) in [6.45, 7) is 3.55. The summed E-state index contributed by atoms with van der Waals surface area (Å²) in [5.41, 5.74) is -0.123. The zero-order valence-electron chi connectivity index (χ0n) is 13.4. The molecule has 1 aromatic carbocycles. The van der Waals surface area contributed by atoms with E-state index in [9.17, 15) is 13.2 Å². The number of carbonyl (C=O) groups is 1. The number of hydrogen-bond acceptors (Lipinski definition) is 6. The Balaban J connectivity index is 2.28. The molecule has 1 atom stereocenters. The van der Waals surface area contributed by atoms with Crippen molar-refractivity contribution in [2.75, 3.05) is 14.1 Å². The molecule has 0 fully saturated rings. The largest absolute Gasteiger partial charge is 0.454 e. The molecule has 1 unspecified atom stereocenters. The van der Waals surface area contributed by atoms with Crippen molar-refractivity contribution in [1.29, 1.82) is 0 Å². The van der Waals surface area contributed by atoms with Crippen LogP contribution in [0.1, 0.15) is 19.4 Å². The molecule has 2 rings (SSSR count). The maximum Gasteiger partial charge on any atom is 0.384 e. The Morgan fingerprint density at radius 3 is 2.50 bits per heavy atom. The zero-order valence-corrected chi connectivity index (χ0v) is 15.8. The van der Waals surface area contributed by atoms with Gasteiger partial charge in [0, 0.05) is 19.7 Å². The summed E-state index contributed by atoms with van der Waals surface area (Å²) < 4.78 is 40.4. The van der Waals surface area contributed by atoms with Crippen LogP contribution < -0.4 is 8.92 Å². The molecule has 0 bridgehead atoms. The van der Waals surface area contributed by atoms with E-state index >= 15 is 0 Å². The SMILES string of the molecule is CN(C)S(=O)(=O)Oc1ccc2c(c1)C(C)(C)C(OC(=O)C(Cl)Cl)O2. The van der Waals surface area contributed by atoms with Crippen molar-refractivity contribution in [2.45, 2.75) is 30.4 Å². The first-order valence-electron chi connectivity index (χ1n) is 6.87. The van der Waals surface area contributed by atoms with Gasteiger partial charge >= 0.3 is 16.3 Å². The number of ether oxygens (including phenoxy) is 2. The number of halogens is 2. The molecular formula is C14H17Cl2NO6S. The number of alkyl halides is 2. The van der Waals surface area contributed by atoms with E-state index < -0.39 is 32.8 Å². The minimum Gasteiger partial charge on any atom is -0.454 e. The number of rotatable bonds is 5. The first-order valence-corrected chi connectivity index (χ1v) is 9.10. The number of esters is 1. The van der Waals surface area contributed by atoms with Gasteiger partial charge < -0.3 is 13.7 Å². The Labute approximate surface area is 150 Å². The number of nitrogens with zero attached hydrogens (tertiary/aromatic N) is 1. The van der Waals surface area contributed by atoms with Crippen LogP contribution in [0.5, 0.6) is 11.5 Å². The lowest BCUT2D eigenvalue weighted by atomic mass is 9.85. The van der Waals surface area contributed by atoms with Crippen LogP contribution >= 0.6 is 23.2 Å². The van der Waals surface area contributed by atoms with Crippen LogP contribution in [0.4, 0.5) is 0 Å². The summed E-state index contributed by atoms with van der Waals surface area (Å²) >= 11 is 11.0. The van der Waals surface area contributed by atoms with Crippen molar-refractivity contribution in [3.63, 3.8) is 0 Å². The van der Waals surface area contributed by atoms with E-state index in [1.165, 1.54) is 26.2 Å². The molecule has 0 aliphatic carbocycles. The molecule has 134 valence electrons. The zero-order chi connectivity index (χ0) is 18.3. The Kier molecular flexibility index (Phi) is 5.25. The third-order valence-corrected chi connectivity index (χ3v) is 5.17. The van der Waals surface area contributed by atoms with E-state index in [2.05, 4.69) is 0 Å². The Hall–Kier alpha value is -1.22. The smallest absolute Gasteiger partial charge is 0.384 e. The van der Waals surface area contributed by atoms with Gasteiger partial charge in [0.2, 0.25) is 4.84 Å². The maximum atomic E-state index is 11.8. The second-order valence-electron chi connectivity index (χ2n) is 5.89. The topological polar surface area (TPSA) is 82.1 Å². The first-order chi connectivity index (χ1) is 10.9. The van der Waals surface area contributed by atoms with Gasteiger partial charge in [0.25, 0.3) is 6.29 Å². The molecule has 0 saturated carbocycles. The molecule has 7 nitrogen and oxygen atoms in total. The average molecular weight is 398 g/mol. The standard InChI is InChI=1S/C14H17Cl2NO6S/c1-14(2)9-7-8(23-24(19,20)17(3)4)5-6-10(9)21-13(14)22-12(18)11(15)16/h5-7,11,13H,1-4H3. The van der Waals surface area contributed by atoms with Gasteiger partial charge in [-0.25, -0.2) is 4.79 Å². The normalized spacial score (nSPS) is 19.1. The van der Waals surface area contributed by atoms with E-state index in [1.807, 2.05) is 0 Å². The number of fused-ring (bicyclic) bond motifs is 1. The van der Waals surface area contributed by atoms with Gasteiger partial charge in [0.15, 0.2) is 0 Å².